The molecule has 0 aliphatic rings. The van der Waals surface area contributed by atoms with Gasteiger partial charge in [0.1, 0.15) is 0 Å². The van der Waals surface area contributed by atoms with Crippen molar-refractivity contribution in [2.24, 2.45) is 0 Å². The molecule has 0 aliphatic carbocycles. The van der Waals surface area contributed by atoms with Gasteiger partial charge in [0.05, 0.1) is 24.2 Å². The Labute approximate surface area is 159 Å². The Kier molecular flexibility index (Phi) is 10.9. The van der Waals surface area contributed by atoms with Crippen molar-refractivity contribution in [1.29, 1.82) is 0 Å². The number of rotatable bonds is 14. The minimum Gasteiger partial charge on any atom is -0.395 e. The fraction of sp³-hybridized carbons (Fsp3) is 0.700. The van der Waals surface area contributed by atoms with Gasteiger partial charge in [0.2, 0.25) is 0 Å². The summed E-state index contributed by atoms with van der Waals surface area (Å²) in [6.07, 6.45) is 6.05. The van der Waals surface area contributed by atoms with Crippen LogP contribution in [0, 0.1) is 0 Å². The summed E-state index contributed by atoms with van der Waals surface area (Å²) in [5.41, 5.74) is 2.30. The first-order chi connectivity index (χ1) is 12.4. The normalized spacial score (nSPS) is 11.9. The van der Waals surface area contributed by atoms with E-state index in [1.807, 2.05) is 17.0 Å². The molecule has 1 aromatic carbocycles. The summed E-state index contributed by atoms with van der Waals surface area (Å²) < 4.78 is 23.5. The molecule has 0 aliphatic heterocycles. The molecule has 0 aromatic heterocycles. The van der Waals surface area contributed by atoms with E-state index in [1.54, 1.807) is 13.8 Å². The number of benzene rings is 1. The third-order valence-corrected chi connectivity index (χ3v) is 6.95. The fourth-order valence-electron chi connectivity index (χ4n) is 2.88. The van der Waals surface area contributed by atoms with E-state index in [4.69, 9.17) is 10.2 Å². The Morgan fingerprint density at radius 2 is 1.42 bits per heavy atom. The Morgan fingerprint density at radius 1 is 0.885 bits per heavy atom. The number of aliphatic hydroxyl groups is 2. The van der Waals surface area contributed by atoms with Crippen molar-refractivity contribution in [3.8, 4) is 0 Å². The molecule has 6 heteroatoms. The predicted molar refractivity (Wildman–Crippen MR) is 109 cm³/mol. The highest BCUT2D eigenvalue weighted by Gasteiger charge is 2.14. The molecule has 0 spiro atoms. The zero-order valence-corrected chi connectivity index (χ0v) is 17.0. The second kappa shape index (κ2) is 12.3. The molecular formula is C20H35NO4S. The largest absolute Gasteiger partial charge is 0.395 e. The van der Waals surface area contributed by atoms with Gasteiger partial charge in [0.25, 0.3) is 0 Å². The minimum absolute atomic E-state index is 0.0697. The van der Waals surface area contributed by atoms with E-state index < -0.39 is 9.84 Å². The SMILES string of the molecule is CC(C)S(=O)(=O)CCCCCCCc1ccc(N(CCO)CCO)cc1. The van der Waals surface area contributed by atoms with Crippen LogP contribution in [-0.2, 0) is 16.3 Å². The van der Waals surface area contributed by atoms with Gasteiger partial charge in [0, 0.05) is 18.8 Å². The van der Waals surface area contributed by atoms with Crippen LogP contribution in [0.1, 0.15) is 51.5 Å². The topological polar surface area (TPSA) is 77.8 Å². The summed E-state index contributed by atoms with van der Waals surface area (Å²) in [7, 11) is -2.89. The van der Waals surface area contributed by atoms with Crippen molar-refractivity contribution in [2.45, 2.75) is 57.6 Å². The Morgan fingerprint density at radius 3 is 1.96 bits per heavy atom. The predicted octanol–water partition coefficient (Wildman–Crippen LogP) is 2.79. The molecule has 5 nitrogen and oxygen atoms in total. The maximum atomic E-state index is 11.7. The van der Waals surface area contributed by atoms with Gasteiger partial charge >= 0.3 is 0 Å². The van der Waals surface area contributed by atoms with Gasteiger partial charge in [-0.2, -0.15) is 0 Å². The number of aryl methyl sites for hydroxylation is 1. The zero-order chi connectivity index (χ0) is 19.4. The third kappa shape index (κ3) is 8.52. The summed E-state index contributed by atoms with van der Waals surface area (Å²) in [4.78, 5) is 1.97. The quantitative estimate of drug-likeness (QED) is 0.482. The van der Waals surface area contributed by atoms with Gasteiger partial charge in [-0.3, -0.25) is 0 Å². The van der Waals surface area contributed by atoms with E-state index >= 15 is 0 Å². The molecule has 0 atom stereocenters. The number of aliphatic hydroxyl groups excluding tert-OH is 2. The summed E-state index contributed by atoms with van der Waals surface area (Å²) in [6.45, 7) is 4.67. The zero-order valence-electron chi connectivity index (χ0n) is 16.2. The van der Waals surface area contributed by atoms with E-state index in [2.05, 4.69) is 12.1 Å². The van der Waals surface area contributed by atoms with Crippen molar-refractivity contribution in [2.75, 3.05) is 37.0 Å². The summed E-state index contributed by atoms with van der Waals surface area (Å²) in [5.74, 6) is 0.310. The Bertz CT molecular complexity index is 578. The fourth-order valence-corrected chi connectivity index (χ4v) is 3.96. The molecule has 1 rings (SSSR count). The smallest absolute Gasteiger partial charge is 0.152 e. The Balaban J connectivity index is 2.25. The molecule has 0 amide bonds. The van der Waals surface area contributed by atoms with Gasteiger partial charge in [-0.25, -0.2) is 8.42 Å². The van der Waals surface area contributed by atoms with Gasteiger partial charge in [-0.05, 0) is 50.8 Å². The van der Waals surface area contributed by atoms with Crippen LogP contribution < -0.4 is 4.90 Å². The first-order valence-corrected chi connectivity index (χ1v) is 11.4. The number of unbranched alkanes of at least 4 members (excludes halogenated alkanes) is 4. The number of hydrogen-bond donors (Lipinski definition) is 2. The van der Waals surface area contributed by atoms with E-state index in [0.29, 0.717) is 18.8 Å². The van der Waals surface area contributed by atoms with Crippen molar-refractivity contribution in [3.63, 3.8) is 0 Å². The lowest BCUT2D eigenvalue weighted by Gasteiger charge is -2.23. The van der Waals surface area contributed by atoms with Crippen LogP contribution in [0.25, 0.3) is 0 Å². The van der Waals surface area contributed by atoms with E-state index in [9.17, 15) is 8.42 Å². The third-order valence-electron chi connectivity index (χ3n) is 4.65. The maximum Gasteiger partial charge on any atom is 0.152 e. The number of sulfone groups is 1. The van der Waals surface area contributed by atoms with E-state index in [0.717, 1.165) is 44.2 Å². The highest BCUT2D eigenvalue weighted by Crippen LogP contribution is 2.17. The van der Waals surface area contributed by atoms with Crippen LogP contribution in [0.4, 0.5) is 5.69 Å². The minimum atomic E-state index is -2.89. The highest BCUT2D eigenvalue weighted by atomic mass is 32.2. The average Bonchev–Trinajstić information content (AvgIpc) is 2.61. The molecule has 0 bridgehead atoms. The lowest BCUT2D eigenvalue weighted by atomic mass is 10.1. The molecular weight excluding hydrogens is 350 g/mol. The van der Waals surface area contributed by atoms with Crippen LogP contribution in [0.15, 0.2) is 24.3 Å². The van der Waals surface area contributed by atoms with Crippen molar-refractivity contribution in [3.05, 3.63) is 29.8 Å². The first-order valence-electron chi connectivity index (χ1n) is 9.68. The second-order valence-electron chi connectivity index (χ2n) is 7.03. The molecule has 2 N–H and O–H groups in total. The standard InChI is InChI=1S/C20H35NO4S/c1-18(2)26(24,25)17-7-5-3-4-6-8-19-9-11-20(12-10-19)21(13-15-22)14-16-23/h9-12,18,22-23H,3-8,13-17H2,1-2H3. The highest BCUT2D eigenvalue weighted by molar-refractivity contribution is 7.91. The number of nitrogens with zero attached hydrogens (tertiary/aromatic N) is 1. The van der Waals surface area contributed by atoms with Gasteiger partial charge in [-0.15, -0.1) is 0 Å². The van der Waals surface area contributed by atoms with Crippen LogP contribution in [0.2, 0.25) is 0 Å². The molecule has 0 heterocycles. The average molecular weight is 386 g/mol. The van der Waals surface area contributed by atoms with Crippen molar-refractivity contribution < 1.29 is 18.6 Å². The maximum absolute atomic E-state index is 11.7. The number of anilines is 1. The number of hydrogen-bond acceptors (Lipinski definition) is 5. The lowest BCUT2D eigenvalue weighted by Crippen LogP contribution is -2.29. The molecule has 0 radical (unpaired) electrons. The van der Waals surface area contributed by atoms with Crippen molar-refractivity contribution in [1.82, 2.24) is 0 Å². The molecule has 1 aromatic rings. The molecule has 0 saturated carbocycles. The molecule has 26 heavy (non-hydrogen) atoms. The van der Waals surface area contributed by atoms with E-state index in [-0.39, 0.29) is 18.5 Å². The van der Waals surface area contributed by atoms with Gasteiger partial charge < -0.3 is 15.1 Å². The molecule has 0 saturated heterocycles. The van der Waals surface area contributed by atoms with E-state index in [1.165, 1.54) is 5.56 Å². The first kappa shape index (κ1) is 22.9. The monoisotopic (exact) mass is 385 g/mol. The molecule has 150 valence electrons. The van der Waals surface area contributed by atoms with Crippen molar-refractivity contribution >= 4 is 15.5 Å². The van der Waals surface area contributed by atoms with Crippen LogP contribution in [0.3, 0.4) is 0 Å². The van der Waals surface area contributed by atoms with Gasteiger partial charge in [0.15, 0.2) is 9.84 Å². The van der Waals surface area contributed by atoms with Crippen LogP contribution in [0.5, 0.6) is 0 Å². The van der Waals surface area contributed by atoms with Crippen LogP contribution in [-0.4, -0.2) is 55.9 Å². The second-order valence-corrected chi connectivity index (χ2v) is 9.71. The lowest BCUT2D eigenvalue weighted by molar-refractivity contribution is 0.281. The Hall–Kier alpha value is -1.11. The van der Waals surface area contributed by atoms with Crippen LogP contribution >= 0.6 is 0 Å². The molecule has 0 unspecified atom stereocenters. The summed E-state index contributed by atoms with van der Waals surface area (Å²) in [5, 5.41) is 17.9. The summed E-state index contributed by atoms with van der Waals surface area (Å²) >= 11 is 0. The molecule has 0 fully saturated rings. The van der Waals surface area contributed by atoms with Gasteiger partial charge in [-0.1, -0.05) is 31.4 Å². The summed E-state index contributed by atoms with van der Waals surface area (Å²) in [6, 6.07) is 8.29.